The molecule has 0 heterocycles. The van der Waals surface area contributed by atoms with Crippen molar-refractivity contribution in [3.63, 3.8) is 0 Å². The summed E-state index contributed by atoms with van der Waals surface area (Å²) in [5.41, 5.74) is -0.977. The van der Waals surface area contributed by atoms with E-state index in [-0.39, 0.29) is 36.7 Å². The molecule has 0 aliphatic carbocycles. The zero-order chi connectivity index (χ0) is 21.1. The van der Waals surface area contributed by atoms with Gasteiger partial charge in [0.15, 0.2) is 6.61 Å². The van der Waals surface area contributed by atoms with Crippen LogP contribution in [0.2, 0.25) is 0 Å². The van der Waals surface area contributed by atoms with Gasteiger partial charge < -0.3 is 19.5 Å². The third-order valence-electron chi connectivity index (χ3n) is 3.30. The summed E-state index contributed by atoms with van der Waals surface area (Å²) in [5.74, 6) is -2.88. The minimum Gasteiger partial charge on any atom is -0.466 e. The summed E-state index contributed by atoms with van der Waals surface area (Å²) in [6, 6.07) is 2.95. The number of nitro benzene ring substituents is 1. The smallest absolute Gasteiger partial charge is 0.338 e. The van der Waals surface area contributed by atoms with Gasteiger partial charge in [0.25, 0.3) is 11.6 Å². The molecule has 28 heavy (non-hydrogen) atoms. The first-order valence-corrected chi connectivity index (χ1v) is 8.25. The molecule has 1 amide bonds. The number of esters is 3. The highest BCUT2D eigenvalue weighted by Gasteiger charge is 2.19. The third-order valence-corrected chi connectivity index (χ3v) is 3.30. The van der Waals surface area contributed by atoms with Gasteiger partial charge in [-0.25, -0.2) is 9.59 Å². The lowest BCUT2D eigenvalue weighted by molar-refractivity contribution is -0.384. The van der Waals surface area contributed by atoms with Gasteiger partial charge in [0.05, 0.1) is 29.8 Å². The van der Waals surface area contributed by atoms with Crippen LogP contribution in [0.15, 0.2) is 18.2 Å². The Balaban J connectivity index is 2.59. The number of rotatable bonds is 10. The number of nitrogens with zero attached hydrogens (tertiary/aromatic N) is 1. The van der Waals surface area contributed by atoms with Crippen molar-refractivity contribution < 1.29 is 38.3 Å². The van der Waals surface area contributed by atoms with Crippen molar-refractivity contribution in [2.24, 2.45) is 0 Å². The van der Waals surface area contributed by atoms with Crippen LogP contribution in [0.25, 0.3) is 0 Å². The van der Waals surface area contributed by atoms with Gasteiger partial charge in [-0.2, -0.15) is 0 Å². The van der Waals surface area contributed by atoms with Crippen LogP contribution >= 0.6 is 0 Å². The van der Waals surface area contributed by atoms with E-state index in [0.29, 0.717) is 6.42 Å². The molecule has 11 heteroatoms. The Morgan fingerprint density at radius 3 is 2.29 bits per heavy atom. The van der Waals surface area contributed by atoms with Gasteiger partial charge in [0.1, 0.15) is 0 Å². The molecule has 1 N–H and O–H groups in total. The van der Waals surface area contributed by atoms with E-state index in [1.54, 1.807) is 6.92 Å². The highest BCUT2D eigenvalue weighted by molar-refractivity contribution is 5.97. The Hall–Kier alpha value is -3.50. The monoisotopic (exact) mass is 396 g/mol. The summed E-state index contributed by atoms with van der Waals surface area (Å²) in [6.07, 6.45) is 0.490. The van der Waals surface area contributed by atoms with E-state index in [9.17, 15) is 29.3 Å². The number of amides is 1. The second-order valence-electron chi connectivity index (χ2n) is 5.35. The number of carbonyl (C=O) groups is 4. The number of hydrogen-bond donors (Lipinski definition) is 1. The Bertz CT molecular complexity index is 761. The van der Waals surface area contributed by atoms with Crippen molar-refractivity contribution >= 4 is 29.5 Å². The van der Waals surface area contributed by atoms with Crippen LogP contribution in [0.1, 0.15) is 40.5 Å². The van der Waals surface area contributed by atoms with Gasteiger partial charge in [0.2, 0.25) is 0 Å². The molecule has 0 bridgehead atoms. The maximum atomic E-state index is 12.0. The zero-order valence-corrected chi connectivity index (χ0v) is 15.4. The SMILES string of the molecule is CCOC(=O)CCCNC(=O)COC(=O)c1cc(C(=O)OC)cc([N+](=O)[O-])c1. The standard InChI is InChI=1S/C17H20N2O9/c1-3-27-15(21)5-4-6-18-14(20)10-28-17(23)12-7-11(16(22)26-2)8-13(9-12)19(24)25/h7-9H,3-6,10H2,1-2H3,(H,18,20). The average molecular weight is 396 g/mol. The quantitative estimate of drug-likeness (QED) is 0.201. The van der Waals surface area contributed by atoms with E-state index in [1.807, 2.05) is 0 Å². The van der Waals surface area contributed by atoms with Crippen molar-refractivity contribution in [1.82, 2.24) is 5.32 Å². The van der Waals surface area contributed by atoms with E-state index >= 15 is 0 Å². The van der Waals surface area contributed by atoms with Crippen LogP contribution in [-0.4, -0.2) is 55.6 Å². The molecule has 0 aliphatic heterocycles. The van der Waals surface area contributed by atoms with E-state index in [2.05, 4.69) is 10.1 Å². The van der Waals surface area contributed by atoms with Gasteiger partial charge >= 0.3 is 17.9 Å². The molecule has 11 nitrogen and oxygen atoms in total. The van der Waals surface area contributed by atoms with Crippen LogP contribution in [0.4, 0.5) is 5.69 Å². The molecule has 1 rings (SSSR count). The lowest BCUT2D eigenvalue weighted by Gasteiger charge is -2.07. The fourth-order valence-electron chi connectivity index (χ4n) is 2.03. The van der Waals surface area contributed by atoms with Crippen molar-refractivity contribution in [3.8, 4) is 0 Å². The maximum absolute atomic E-state index is 12.0. The first-order chi connectivity index (χ1) is 13.3. The summed E-state index contributed by atoms with van der Waals surface area (Å²) < 4.78 is 14.0. The molecular formula is C17H20N2O9. The number of nitrogens with one attached hydrogen (secondary N) is 1. The van der Waals surface area contributed by atoms with Crippen LogP contribution in [-0.2, 0) is 23.8 Å². The Kier molecular flexibility index (Phi) is 9.07. The molecular weight excluding hydrogens is 376 g/mol. The average Bonchev–Trinajstić information content (AvgIpc) is 2.68. The molecule has 0 unspecified atom stereocenters. The van der Waals surface area contributed by atoms with E-state index in [4.69, 9.17) is 9.47 Å². The first-order valence-electron chi connectivity index (χ1n) is 8.25. The van der Waals surface area contributed by atoms with Gasteiger partial charge in [-0.05, 0) is 19.4 Å². The van der Waals surface area contributed by atoms with Crippen molar-refractivity contribution in [3.05, 3.63) is 39.4 Å². The highest BCUT2D eigenvalue weighted by atomic mass is 16.6. The molecule has 0 saturated heterocycles. The fourth-order valence-corrected chi connectivity index (χ4v) is 2.03. The van der Waals surface area contributed by atoms with Gasteiger partial charge in [-0.15, -0.1) is 0 Å². The molecule has 0 radical (unpaired) electrons. The molecule has 0 aliphatic rings. The number of methoxy groups -OCH3 is 1. The molecule has 152 valence electrons. The number of benzene rings is 1. The minimum absolute atomic E-state index is 0.137. The topological polar surface area (TPSA) is 151 Å². The second kappa shape index (κ2) is 11.3. The van der Waals surface area contributed by atoms with E-state index < -0.39 is 35.1 Å². The molecule has 1 aromatic rings. The Morgan fingerprint density at radius 1 is 1.07 bits per heavy atom. The molecule has 0 aromatic heterocycles. The highest BCUT2D eigenvalue weighted by Crippen LogP contribution is 2.18. The molecule has 1 aromatic carbocycles. The lowest BCUT2D eigenvalue weighted by atomic mass is 10.1. The third kappa shape index (κ3) is 7.40. The van der Waals surface area contributed by atoms with Crippen LogP contribution in [0, 0.1) is 10.1 Å². The van der Waals surface area contributed by atoms with Crippen LogP contribution in [0.5, 0.6) is 0 Å². The van der Waals surface area contributed by atoms with Gasteiger partial charge in [-0.3, -0.25) is 19.7 Å². The summed E-state index contributed by atoms with van der Waals surface area (Å²) in [7, 11) is 1.09. The first kappa shape index (κ1) is 22.5. The minimum atomic E-state index is -1.02. The number of hydrogen-bond acceptors (Lipinski definition) is 9. The second-order valence-corrected chi connectivity index (χ2v) is 5.35. The predicted molar refractivity (Wildman–Crippen MR) is 93.6 cm³/mol. The normalized spacial score (nSPS) is 9.93. The largest absolute Gasteiger partial charge is 0.466 e. The van der Waals surface area contributed by atoms with E-state index in [0.717, 1.165) is 25.3 Å². The molecule has 0 saturated carbocycles. The van der Waals surface area contributed by atoms with Gasteiger partial charge in [0, 0.05) is 25.1 Å². The van der Waals surface area contributed by atoms with Crippen molar-refractivity contribution in [2.75, 3.05) is 26.9 Å². The number of carbonyl (C=O) groups excluding carboxylic acids is 4. The lowest BCUT2D eigenvalue weighted by Crippen LogP contribution is -2.30. The van der Waals surface area contributed by atoms with Crippen LogP contribution in [0.3, 0.4) is 0 Å². The zero-order valence-electron chi connectivity index (χ0n) is 15.4. The molecule has 0 spiro atoms. The van der Waals surface area contributed by atoms with Gasteiger partial charge in [-0.1, -0.05) is 0 Å². The fraction of sp³-hybridized carbons (Fsp3) is 0.412. The Labute approximate surface area is 160 Å². The molecule has 0 fully saturated rings. The molecule has 0 atom stereocenters. The predicted octanol–water partition coefficient (Wildman–Crippen LogP) is 0.998. The van der Waals surface area contributed by atoms with Crippen LogP contribution < -0.4 is 5.32 Å². The van der Waals surface area contributed by atoms with Crippen molar-refractivity contribution in [1.29, 1.82) is 0 Å². The van der Waals surface area contributed by atoms with E-state index in [1.165, 1.54) is 0 Å². The van der Waals surface area contributed by atoms with Crippen molar-refractivity contribution in [2.45, 2.75) is 19.8 Å². The maximum Gasteiger partial charge on any atom is 0.338 e. The Morgan fingerprint density at radius 2 is 1.71 bits per heavy atom. The number of ether oxygens (including phenoxy) is 3. The summed E-state index contributed by atoms with van der Waals surface area (Å²) in [4.78, 5) is 56.6. The summed E-state index contributed by atoms with van der Waals surface area (Å²) in [5, 5.41) is 13.4. The number of nitro groups is 1. The summed E-state index contributed by atoms with van der Waals surface area (Å²) in [6.45, 7) is 1.51. The summed E-state index contributed by atoms with van der Waals surface area (Å²) >= 11 is 0. The number of non-ortho nitro benzene ring substituents is 1.